The van der Waals surface area contributed by atoms with Crippen molar-refractivity contribution in [2.24, 2.45) is 34.5 Å². The molecule has 0 saturated heterocycles. The maximum Gasteiger partial charge on any atom is 0.227 e. The lowest BCUT2D eigenvalue weighted by Crippen LogP contribution is -2.45. The number of hydrogen-bond donors (Lipinski definition) is 2. The molecule has 3 aliphatic carbocycles. The van der Waals surface area contributed by atoms with Crippen LogP contribution in [0.1, 0.15) is 47.0 Å². The predicted molar refractivity (Wildman–Crippen MR) is 67.5 cm³/mol. The van der Waals surface area contributed by atoms with E-state index in [4.69, 9.17) is 0 Å². The topological polar surface area (TPSA) is 57.5 Å². The van der Waals surface area contributed by atoms with Crippen molar-refractivity contribution in [2.75, 3.05) is 0 Å². The first-order valence-electron chi connectivity index (χ1n) is 7.15. The van der Waals surface area contributed by atoms with Crippen LogP contribution in [0.5, 0.6) is 0 Å². The Kier molecular flexibility index (Phi) is 2.23. The molecule has 0 aliphatic heterocycles. The third kappa shape index (κ3) is 1.11. The summed E-state index contributed by atoms with van der Waals surface area (Å²) in [7, 11) is 0. The van der Waals surface area contributed by atoms with Crippen LogP contribution >= 0.6 is 0 Å². The molecule has 3 fully saturated rings. The van der Waals surface area contributed by atoms with Gasteiger partial charge in [-0.15, -0.1) is 0 Å². The van der Waals surface area contributed by atoms with Gasteiger partial charge in [-0.1, -0.05) is 27.7 Å². The van der Waals surface area contributed by atoms with E-state index in [1.54, 1.807) is 0 Å². The standard InChI is InChI=1S/C15H24O3/c1-8-5-6-14-7-10(8)13(3,4)11(14)12(16)15(17,18)9(14)2/h8-11,17-18H,5-7H2,1-4H3/t8-,9-,10+,11+,14+/m1/s1. The highest BCUT2D eigenvalue weighted by molar-refractivity contribution is 5.92. The summed E-state index contributed by atoms with van der Waals surface area (Å²) in [5.74, 6) is -1.75. The summed E-state index contributed by atoms with van der Waals surface area (Å²) in [5, 5.41) is 20.3. The van der Waals surface area contributed by atoms with Gasteiger partial charge in [0.15, 0.2) is 5.78 Å². The minimum absolute atomic E-state index is 0.103. The molecule has 3 rings (SSSR count). The number of fused-ring (bicyclic) bond motifs is 1. The maximum absolute atomic E-state index is 12.5. The van der Waals surface area contributed by atoms with Crippen LogP contribution in [0.15, 0.2) is 0 Å². The van der Waals surface area contributed by atoms with Crippen LogP contribution < -0.4 is 0 Å². The molecule has 1 spiro atoms. The molecule has 0 heterocycles. The fourth-order valence-electron chi connectivity index (χ4n) is 5.69. The third-order valence-corrected chi connectivity index (χ3v) is 6.72. The van der Waals surface area contributed by atoms with Crippen molar-refractivity contribution in [3.8, 4) is 0 Å². The van der Waals surface area contributed by atoms with Crippen molar-refractivity contribution in [3.05, 3.63) is 0 Å². The highest BCUT2D eigenvalue weighted by Crippen LogP contribution is 2.72. The summed E-state index contributed by atoms with van der Waals surface area (Å²) in [5.41, 5.74) is -0.268. The molecule has 3 aliphatic rings. The Morgan fingerprint density at radius 2 is 1.83 bits per heavy atom. The van der Waals surface area contributed by atoms with Gasteiger partial charge in [-0.3, -0.25) is 4.79 Å². The van der Waals surface area contributed by atoms with E-state index in [1.807, 2.05) is 6.92 Å². The second kappa shape index (κ2) is 3.18. The molecule has 18 heavy (non-hydrogen) atoms. The monoisotopic (exact) mass is 252 g/mol. The van der Waals surface area contributed by atoms with Gasteiger partial charge in [0.2, 0.25) is 5.79 Å². The lowest BCUT2D eigenvalue weighted by molar-refractivity contribution is -0.200. The minimum atomic E-state index is -2.10. The fraction of sp³-hybridized carbons (Fsp3) is 0.933. The minimum Gasteiger partial charge on any atom is -0.359 e. The molecular formula is C15H24O3. The molecule has 0 aromatic carbocycles. The first-order valence-corrected chi connectivity index (χ1v) is 7.15. The Bertz CT molecular complexity index is 412. The summed E-state index contributed by atoms with van der Waals surface area (Å²) in [6.07, 6.45) is 3.06. The van der Waals surface area contributed by atoms with Crippen molar-refractivity contribution < 1.29 is 15.0 Å². The quantitative estimate of drug-likeness (QED) is 0.648. The van der Waals surface area contributed by atoms with E-state index in [0.717, 1.165) is 19.3 Å². The second-order valence-electron chi connectivity index (χ2n) is 7.63. The van der Waals surface area contributed by atoms with Gasteiger partial charge in [0.05, 0.1) is 0 Å². The molecule has 0 amide bonds. The number of aliphatic hydroxyl groups is 2. The SMILES string of the molecule is C[C@@H]1CC[C@@]23C[C@@H]1C(C)(C)[C@@H]2C(=O)C(O)(O)[C@@H]3C. The number of Topliss-reactive ketones (excluding diaryl/α,β-unsaturated/α-hetero) is 1. The van der Waals surface area contributed by atoms with Crippen LogP contribution in [0.3, 0.4) is 0 Å². The van der Waals surface area contributed by atoms with Gasteiger partial charge in [-0.05, 0) is 41.9 Å². The molecule has 102 valence electrons. The average Bonchev–Trinajstić information content (AvgIpc) is 2.56. The molecule has 0 radical (unpaired) electrons. The van der Waals surface area contributed by atoms with Gasteiger partial charge >= 0.3 is 0 Å². The van der Waals surface area contributed by atoms with Crippen molar-refractivity contribution in [1.29, 1.82) is 0 Å². The number of ketones is 1. The largest absolute Gasteiger partial charge is 0.359 e. The molecule has 2 N–H and O–H groups in total. The zero-order chi connectivity index (χ0) is 13.5. The van der Waals surface area contributed by atoms with E-state index in [9.17, 15) is 15.0 Å². The van der Waals surface area contributed by atoms with Crippen molar-refractivity contribution in [2.45, 2.75) is 52.7 Å². The van der Waals surface area contributed by atoms with Crippen LogP contribution in [-0.4, -0.2) is 21.8 Å². The summed E-state index contributed by atoms with van der Waals surface area (Å²) >= 11 is 0. The molecule has 3 saturated carbocycles. The van der Waals surface area contributed by atoms with Crippen molar-refractivity contribution in [3.63, 3.8) is 0 Å². The van der Waals surface area contributed by atoms with Gasteiger partial charge < -0.3 is 10.2 Å². The van der Waals surface area contributed by atoms with Crippen molar-refractivity contribution in [1.82, 2.24) is 0 Å². The van der Waals surface area contributed by atoms with E-state index in [0.29, 0.717) is 11.8 Å². The molecule has 0 aromatic rings. The van der Waals surface area contributed by atoms with Gasteiger partial charge in [0, 0.05) is 11.8 Å². The smallest absolute Gasteiger partial charge is 0.227 e. The third-order valence-electron chi connectivity index (χ3n) is 6.72. The molecular weight excluding hydrogens is 228 g/mol. The zero-order valence-electron chi connectivity index (χ0n) is 11.7. The van der Waals surface area contributed by atoms with Crippen molar-refractivity contribution >= 4 is 5.78 Å². The van der Waals surface area contributed by atoms with Gasteiger partial charge in [-0.25, -0.2) is 0 Å². The predicted octanol–water partition coefficient (Wildman–Crippen LogP) is 1.96. The summed E-state index contributed by atoms with van der Waals surface area (Å²) in [6, 6.07) is 0. The Labute approximate surface area is 109 Å². The van der Waals surface area contributed by atoms with Crippen LogP contribution in [0.2, 0.25) is 0 Å². The highest BCUT2D eigenvalue weighted by atomic mass is 16.5. The molecule has 5 atom stereocenters. The highest BCUT2D eigenvalue weighted by Gasteiger charge is 2.74. The van der Waals surface area contributed by atoms with Crippen LogP contribution in [0.25, 0.3) is 0 Å². The zero-order valence-corrected chi connectivity index (χ0v) is 11.7. The van der Waals surface area contributed by atoms with Crippen LogP contribution in [0, 0.1) is 34.5 Å². The lowest BCUT2D eigenvalue weighted by atomic mass is 9.65. The molecule has 3 heteroatoms. The molecule has 2 bridgehead atoms. The van der Waals surface area contributed by atoms with Gasteiger partial charge in [0.1, 0.15) is 0 Å². The van der Waals surface area contributed by atoms with Gasteiger partial charge in [0.25, 0.3) is 0 Å². The Morgan fingerprint density at radius 1 is 1.22 bits per heavy atom. The van der Waals surface area contributed by atoms with E-state index >= 15 is 0 Å². The van der Waals surface area contributed by atoms with Gasteiger partial charge in [-0.2, -0.15) is 0 Å². The average molecular weight is 252 g/mol. The Balaban J connectivity index is 2.15. The number of carbonyl (C=O) groups excluding carboxylic acids is 1. The Hall–Kier alpha value is -0.410. The first-order chi connectivity index (χ1) is 8.15. The number of hydrogen-bond acceptors (Lipinski definition) is 3. The van der Waals surface area contributed by atoms with Crippen LogP contribution in [-0.2, 0) is 4.79 Å². The number of carbonyl (C=O) groups is 1. The second-order valence-corrected chi connectivity index (χ2v) is 7.63. The van der Waals surface area contributed by atoms with E-state index in [-0.39, 0.29) is 28.4 Å². The molecule has 0 aromatic heterocycles. The summed E-state index contributed by atoms with van der Waals surface area (Å²) < 4.78 is 0. The van der Waals surface area contributed by atoms with Crippen LogP contribution in [0.4, 0.5) is 0 Å². The first kappa shape index (κ1) is 12.6. The van der Waals surface area contributed by atoms with E-state index < -0.39 is 5.79 Å². The normalized spacial score (nSPS) is 52.4. The maximum atomic E-state index is 12.5. The fourth-order valence-corrected chi connectivity index (χ4v) is 5.69. The summed E-state index contributed by atoms with van der Waals surface area (Å²) in [6.45, 7) is 8.43. The van der Waals surface area contributed by atoms with E-state index in [1.165, 1.54) is 0 Å². The number of rotatable bonds is 0. The molecule has 0 unspecified atom stereocenters. The van der Waals surface area contributed by atoms with E-state index in [2.05, 4.69) is 20.8 Å². The lowest BCUT2D eigenvalue weighted by Gasteiger charge is -2.40. The Morgan fingerprint density at radius 3 is 2.44 bits per heavy atom. The summed E-state index contributed by atoms with van der Waals surface area (Å²) in [4.78, 5) is 12.5. The molecule has 3 nitrogen and oxygen atoms in total.